The highest BCUT2D eigenvalue weighted by molar-refractivity contribution is 14.0. The zero-order valence-corrected chi connectivity index (χ0v) is 19.0. The number of likely N-dealkylation sites (tertiary alicyclic amines) is 1. The molecule has 3 N–H and O–H groups in total. The monoisotopic (exact) mass is 498 g/mol. The minimum absolute atomic E-state index is 0. The van der Waals surface area contributed by atoms with Crippen LogP contribution in [-0.2, 0) is 6.54 Å². The van der Waals surface area contributed by atoms with Crippen molar-refractivity contribution in [2.75, 3.05) is 33.3 Å². The molecule has 0 saturated carbocycles. The molecule has 2 aromatic rings. The Balaban J connectivity index is 0.00000280. The maximum absolute atomic E-state index is 5.31. The quantitative estimate of drug-likeness (QED) is 0.297. The van der Waals surface area contributed by atoms with Crippen LogP contribution >= 0.6 is 24.0 Å². The number of hydrogen-bond donors (Lipinski definition) is 3. The van der Waals surface area contributed by atoms with Gasteiger partial charge in [0.05, 0.1) is 25.4 Å². The summed E-state index contributed by atoms with van der Waals surface area (Å²) in [5, 5.41) is 13.8. The van der Waals surface area contributed by atoms with Gasteiger partial charge in [-0.1, -0.05) is 12.1 Å². The third-order valence-electron chi connectivity index (χ3n) is 4.86. The molecule has 0 amide bonds. The fourth-order valence-corrected chi connectivity index (χ4v) is 3.41. The zero-order chi connectivity index (χ0) is 18.9. The van der Waals surface area contributed by atoms with Crippen LogP contribution in [0.15, 0.2) is 41.5 Å². The lowest BCUT2D eigenvalue weighted by atomic mass is 10.1. The lowest BCUT2D eigenvalue weighted by molar-refractivity contribution is 0.245. The van der Waals surface area contributed by atoms with Crippen molar-refractivity contribution in [3.8, 4) is 5.75 Å². The Bertz CT molecular complexity index is 698. The Morgan fingerprint density at radius 3 is 2.57 bits per heavy atom. The van der Waals surface area contributed by atoms with Crippen molar-refractivity contribution >= 4 is 29.9 Å². The van der Waals surface area contributed by atoms with Gasteiger partial charge in [0.15, 0.2) is 5.96 Å². The number of guanidine groups is 1. The molecule has 1 fully saturated rings. The zero-order valence-electron chi connectivity index (χ0n) is 16.6. The molecule has 8 heteroatoms. The van der Waals surface area contributed by atoms with E-state index in [9.17, 15) is 0 Å². The number of aromatic nitrogens is 2. The van der Waals surface area contributed by atoms with Gasteiger partial charge in [-0.05, 0) is 56.6 Å². The second kappa shape index (κ2) is 11.9. The van der Waals surface area contributed by atoms with E-state index in [-0.39, 0.29) is 24.0 Å². The fraction of sp³-hybridized carbons (Fsp3) is 0.500. The Morgan fingerprint density at radius 1 is 1.21 bits per heavy atom. The Hall–Kier alpha value is -1.81. The number of benzene rings is 1. The van der Waals surface area contributed by atoms with Gasteiger partial charge in [-0.15, -0.1) is 24.0 Å². The highest BCUT2D eigenvalue weighted by atomic mass is 127. The average Bonchev–Trinajstić information content (AvgIpc) is 3.41. The van der Waals surface area contributed by atoms with Crippen molar-refractivity contribution in [3.05, 3.63) is 47.8 Å². The van der Waals surface area contributed by atoms with Crippen LogP contribution in [0.25, 0.3) is 0 Å². The minimum Gasteiger partial charge on any atom is -0.497 e. The Morgan fingerprint density at radius 2 is 1.96 bits per heavy atom. The van der Waals surface area contributed by atoms with Crippen molar-refractivity contribution in [1.29, 1.82) is 0 Å². The van der Waals surface area contributed by atoms with E-state index < -0.39 is 0 Å². The Labute approximate surface area is 184 Å². The summed E-state index contributed by atoms with van der Waals surface area (Å²) in [6.07, 6.45) is 4.28. The number of nitrogens with zero attached hydrogens (tertiary/aromatic N) is 3. The number of aliphatic imine (C=N–C) groups is 1. The summed E-state index contributed by atoms with van der Waals surface area (Å²) < 4.78 is 5.31. The maximum atomic E-state index is 5.31. The van der Waals surface area contributed by atoms with Crippen molar-refractivity contribution in [2.45, 2.75) is 32.4 Å². The van der Waals surface area contributed by atoms with E-state index in [1.54, 1.807) is 13.3 Å². The van der Waals surface area contributed by atoms with E-state index >= 15 is 0 Å². The van der Waals surface area contributed by atoms with E-state index in [0.717, 1.165) is 43.6 Å². The molecular weight excluding hydrogens is 467 g/mol. The van der Waals surface area contributed by atoms with Crippen LogP contribution in [0.5, 0.6) is 5.75 Å². The minimum atomic E-state index is 0. The molecule has 3 rings (SSSR count). The summed E-state index contributed by atoms with van der Waals surface area (Å²) in [6, 6.07) is 10.7. The number of ether oxygens (including phenoxy) is 1. The van der Waals surface area contributed by atoms with Gasteiger partial charge >= 0.3 is 0 Å². The van der Waals surface area contributed by atoms with Crippen LogP contribution in [0.3, 0.4) is 0 Å². The van der Waals surface area contributed by atoms with Crippen LogP contribution in [0, 0.1) is 0 Å². The summed E-state index contributed by atoms with van der Waals surface area (Å²) in [5.74, 6) is 1.71. The predicted molar refractivity (Wildman–Crippen MR) is 123 cm³/mol. The molecule has 1 aliphatic heterocycles. The van der Waals surface area contributed by atoms with Gasteiger partial charge in [-0.25, -0.2) is 4.99 Å². The van der Waals surface area contributed by atoms with E-state index in [4.69, 9.17) is 4.74 Å². The number of H-pyrrole nitrogens is 1. The van der Waals surface area contributed by atoms with Gasteiger partial charge in [0, 0.05) is 19.3 Å². The first-order chi connectivity index (χ1) is 13.3. The second-order valence-corrected chi connectivity index (χ2v) is 6.69. The summed E-state index contributed by atoms with van der Waals surface area (Å²) in [6.45, 7) is 6.56. The maximum Gasteiger partial charge on any atom is 0.191 e. The summed E-state index contributed by atoms with van der Waals surface area (Å²) in [4.78, 5) is 7.21. The van der Waals surface area contributed by atoms with Crippen LogP contribution in [0.2, 0.25) is 0 Å². The first kappa shape index (κ1) is 22.5. The van der Waals surface area contributed by atoms with Gasteiger partial charge in [-0.3, -0.25) is 10.00 Å². The first-order valence-corrected chi connectivity index (χ1v) is 9.68. The SMILES string of the molecule is CCNC(=NCc1ccn[nH]1)NCC(c1ccc(OC)cc1)N1CCCC1.I. The van der Waals surface area contributed by atoms with Crippen molar-refractivity contribution in [1.82, 2.24) is 25.7 Å². The van der Waals surface area contributed by atoms with E-state index in [2.05, 4.69) is 49.8 Å². The number of nitrogens with one attached hydrogen (secondary N) is 3. The third-order valence-corrected chi connectivity index (χ3v) is 4.86. The van der Waals surface area contributed by atoms with Crippen LogP contribution < -0.4 is 15.4 Å². The lowest BCUT2D eigenvalue weighted by Crippen LogP contribution is -2.42. The molecule has 0 radical (unpaired) electrons. The molecule has 0 bridgehead atoms. The molecular formula is C20H31IN6O. The molecule has 1 aromatic carbocycles. The smallest absolute Gasteiger partial charge is 0.191 e. The lowest BCUT2D eigenvalue weighted by Gasteiger charge is -2.29. The fourth-order valence-electron chi connectivity index (χ4n) is 3.41. The molecule has 28 heavy (non-hydrogen) atoms. The molecule has 1 atom stereocenters. The van der Waals surface area contributed by atoms with E-state index in [1.807, 2.05) is 18.2 Å². The highest BCUT2D eigenvalue weighted by Gasteiger charge is 2.23. The van der Waals surface area contributed by atoms with Gasteiger partial charge in [0.2, 0.25) is 0 Å². The van der Waals surface area contributed by atoms with Crippen molar-refractivity contribution < 1.29 is 4.74 Å². The topological polar surface area (TPSA) is 77.6 Å². The third kappa shape index (κ3) is 6.37. The van der Waals surface area contributed by atoms with E-state index in [1.165, 1.54) is 18.4 Å². The average molecular weight is 498 g/mol. The largest absolute Gasteiger partial charge is 0.497 e. The standard InChI is InChI=1S/C20H30N6O.HI/c1-3-21-20(22-14-17-10-11-24-25-17)23-15-19(26-12-4-5-13-26)16-6-8-18(27-2)9-7-16;/h6-11,19H,3-5,12-15H2,1-2H3,(H,24,25)(H2,21,22,23);1H. The molecule has 1 aliphatic rings. The van der Waals surface area contributed by atoms with Crippen LogP contribution in [0.4, 0.5) is 0 Å². The molecule has 7 nitrogen and oxygen atoms in total. The van der Waals surface area contributed by atoms with Crippen molar-refractivity contribution in [2.24, 2.45) is 4.99 Å². The summed E-state index contributed by atoms with van der Waals surface area (Å²) >= 11 is 0. The van der Waals surface area contributed by atoms with Gasteiger partial charge < -0.3 is 15.4 Å². The number of hydrogen-bond acceptors (Lipinski definition) is 4. The predicted octanol–water partition coefficient (Wildman–Crippen LogP) is 2.93. The number of rotatable bonds is 8. The Kier molecular flexibility index (Phi) is 9.56. The molecule has 0 spiro atoms. The molecule has 1 saturated heterocycles. The summed E-state index contributed by atoms with van der Waals surface area (Å²) in [7, 11) is 1.70. The van der Waals surface area contributed by atoms with Crippen LogP contribution in [-0.4, -0.2) is 54.3 Å². The summed E-state index contributed by atoms with van der Waals surface area (Å²) in [5.41, 5.74) is 2.30. The molecule has 1 unspecified atom stereocenters. The van der Waals surface area contributed by atoms with Gasteiger partial charge in [-0.2, -0.15) is 5.10 Å². The number of halogens is 1. The molecule has 1 aromatic heterocycles. The van der Waals surface area contributed by atoms with Gasteiger partial charge in [0.1, 0.15) is 5.75 Å². The first-order valence-electron chi connectivity index (χ1n) is 9.68. The molecule has 2 heterocycles. The van der Waals surface area contributed by atoms with E-state index in [0.29, 0.717) is 12.6 Å². The second-order valence-electron chi connectivity index (χ2n) is 6.69. The number of methoxy groups -OCH3 is 1. The normalized spacial score (nSPS) is 15.7. The number of aromatic amines is 1. The van der Waals surface area contributed by atoms with Crippen LogP contribution in [0.1, 0.15) is 37.1 Å². The van der Waals surface area contributed by atoms with Gasteiger partial charge in [0.25, 0.3) is 0 Å². The molecule has 154 valence electrons. The molecule has 0 aliphatic carbocycles. The van der Waals surface area contributed by atoms with Crippen molar-refractivity contribution in [3.63, 3.8) is 0 Å². The highest BCUT2D eigenvalue weighted by Crippen LogP contribution is 2.26.